The Bertz CT molecular complexity index is 1150. The van der Waals surface area contributed by atoms with E-state index in [4.69, 9.17) is 5.26 Å². The van der Waals surface area contributed by atoms with Gasteiger partial charge in [0.05, 0.1) is 23.5 Å². The summed E-state index contributed by atoms with van der Waals surface area (Å²) in [6.45, 7) is 1.24. The molecule has 30 heavy (non-hydrogen) atoms. The highest BCUT2D eigenvalue weighted by Crippen LogP contribution is 2.49. The molecular formula is C21H18FN7O. The molecule has 9 heteroatoms. The van der Waals surface area contributed by atoms with Crippen molar-refractivity contribution in [2.45, 2.75) is 12.0 Å². The zero-order chi connectivity index (χ0) is 20.7. The first-order chi connectivity index (χ1) is 14.6. The van der Waals surface area contributed by atoms with Crippen LogP contribution in [0.1, 0.15) is 16.9 Å². The number of rotatable bonds is 5. The van der Waals surface area contributed by atoms with Crippen LogP contribution in [-0.4, -0.2) is 44.6 Å². The lowest BCUT2D eigenvalue weighted by Gasteiger charge is -2.16. The van der Waals surface area contributed by atoms with Crippen LogP contribution < -0.4 is 10.6 Å². The van der Waals surface area contributed by atoms with Crippen LogP contribution in [0.2, 0.25) is 0 Å². The number of fused-ring (bicyclic) bond motifs is 1. The van der Waals surface area contributed by atoms with Crippen LogP contribution in [0.15, 0.2) is 48.8 Å². The molecule has 1 aliphatic heterocycles. The van der Waals surface area contributed by atoms with E-state index in [9.17, 15) is 9.18 Å². The van der Waals surface area contributed by atoms with E-state index in [1.807, 2.05) is 0 Å². The highest BCUT2D eigenvalue weighted by molar-refractivity contribution is 5.94. The summed E-state index contributed by atoms with van der Waals surface area (Å²) in [5, 5.41) is 22.4. The van der Waals surface area contributed by atoms with Crippen LogP contribution in [0.3, 0.4) is 0 Å². The first kappa shape index (κ1) is 18.1. The minimum Gasteiger partial charge on any atom is -0.355 e. The zero-order valence-electron chi connectivity index (χ0n) is 15.9. The highest BCUT2D eigenvalue weighted by Gasteiger charge is 2.61. The Hall–Kier alpha value is -3.93. The lowest BCUT2D eigenvalue weighted by molar-refractivity contribution is 0.0924. The number of nitrogens with one attached hydrogen (secondary N) is 3. The van der Waals surface area contributed by atoms with Crippen LogP contribution in [0.25, 0.3) is 11.3 Å². The molecule has 0 bridgehead atoms. The second kappa shape index (κ2) is 6.84. The van der Waals surface area contributed by atoms with Gasteiger partial charge in [-0.25, -0.2) is 4.39 Å². The quantitative estimate of drug-likeness (QED) is 0.565. The number of hydrogen-bond acceptors (Lipinski definition) is 6. The van der Waals surface area contributed by atoms with Crippen molar-refractivity contribution in [3.8, 4) is 17.5 Å². The number of carbonyl (C=O) groups is 1. The lowest BCUT2D eigenvalue weighted by Crippen LogP contribution is -2.41. The molecule has 8 nitrogen and oxygen atoms in total. The largest absolute Gasteiger partial charge is 0.355 e. The van der Waals surface area contributed by atoms with Crippen molar-refractivity contribution < 1.29 is 9.18 Å². The Morgan fingerprint density at radius 2 is 2.17 bits per heavy atom. The fraction of sp³-hybridized carbons (Fsp3) is 0.238. The summed E-state index contributed by atoms with van der Waals surface area (Å²) < 4.78 is 13.2. The molecule has 1 aliphatic carbocycles. The maximum absolute atomic E-state index is 13.2. The molecule has 2 aromatic heterocycles. The van der Waals surface area contributed by atoms with E-state index >= 15 is 0 Å². The molecule has 1 amide bonds. The van der Waals surface area contributed by atoms with E-state index in [1.165, 1.54) is 12.1 Å². The van der Waals surface area contributed by atoms with Crippen molar-refractivity contribution in [1.29, 1.82) is 5.26 Å². The third kappa shape index (κ3) is 3.22. The van der Waals surface area contributed by atoms with Crippen LogP contribution in [0, 0.1) is 23.2 Å². The number of amides is 1. The van der Waals surface area contributed by atoms with E-state index in [0.29, 0.717) is 24.7 Å². The van der Waals surface area contributed by atoms with Crippen LogP contribution in [0.5, 0.6) is 0 Å². The number of benzene rings is 1. The minimum atomic E-state index is -0.310. The fourth-order valence-corrected chi connectivity index (χ4v) is 4.03. The van der Waals surface area contributed by atoms with Gasteiger partial charge in [0.1, 0.15) is 5.82 Å². The summed E-state index contributed by atoms with van der Waals surface area (Å²) in [4.78, 5) is 18.6. The minimum absolute atomic E-state index is 0.267. The number of aromatic nitrogens is 3. The smallest absolute Gasteiger partial charge is 0.272 e. The van der Waals surface area contributed by atoms with E-state index in [2.05, 4.69) is 32.0 Å². The van der Waals surface area contributed by atoms with Gasteiger partial charge >= 0.3 is 0 Å². The number of halogens is 1. The van der Waals surface area contributed by atoms with Crippen molar-refractivity contribution in [1.82, 2.24) is 25.4 Å². The number of H-pyrrole nitrogens is 1. The Morgan fingerprint density at radius 1 is 1.33 bits per heavy atom. The number of anilines is 2. The third-order valence-electron chi connectivity index (χ3n) is 5.69. The molecule has 1 saturated heterocycles. The molecule has 2 aliphatic rings. The van der Waals surface area contributed by atoms with Crippen molar-refractivity contribution in [3.63, 3.8) is 0 Å². The van der Waals surface area contributed by atoms with Crippen molar-refractivity contribution in [3.05, 3.63) is 60.3 Å². The van der Waals surface area contributed by atoms with Gasteiger partial charge < -0.3 is 15.5 Å². The number of piperidine rings is 1. The first-order valence-electron chi connectivity index (χ1n) is 9.56. The van der Waals surface area contributed by atoms with E-state index in [1.54, 1.807) is 41.6 Å². The molecule has 2 fully saturated rings. The van der Waals surface area contributed by atoms with E-state index in [0.717, 1.165) is 23.4 Å². The first-order valence-corrected chi connectivity index (χ1v) is 9.56. The van der Waals surface area contributed by atoms with Gasteiger partial charge in [0.25, 0.3) is 5.91 Å². The average Bonchev–Trinajstić information content (AvgIpc) is 3.10. The van der Waals surface area contributed by atoms with Gasteiger partial charge in [-0.2, -0.15) is 10.4 Å². The number of carbonyl (C=O) groups excluding carboxylic acids is 1. The van der Waals surface area contributed by atoms with Gasteiger partial charge in [-0.1, -0.05) is 0 Å². The van der Waals surface area contributed by atoms with E-state index < -0.39 is 0 Å². The molecule has 0 radical (unpaired) electrons. The normalized spacial score (nSPS) is 21.6. The van der Waals surface area contributed by atoms with Gasteiger partial charge in [0, 0.05) is 36.1 Å². The van der Waals surface area contributed by atoms with Crippen LogP contribution in [0.4, 0.5) is 15.8 Å². The maximum atomic E-state index is 13.2. The summed E-state index contributed by atoms with van der Waals surface area (Å²) in [6, 6.07) is 9.51. The summed E-state index contributed by atoms with van der Waals surface area (Å²) in [5.41, 5.74) is 2.80. The fourth-order valence-electron chi connectivity index (χ4n) is 4.03. The molecule has 1 saturated carbocycles. The Kier molecular flexibility index (Phi) is 4.13. The SMILES string of the molecule is N#CN1CC2C[C@]2(NC(=O)c2cc(-c3cnccc3Nc3ccc(F)cc3)[nH]n2)C1. The number of likely N-dealkylation sites (tertiary alicyclic amines) is 1. The van der Waals surface area contributed by atoms with E-state index in [-0.39, 0.29) is 23.0 Å². The van der Waals surface area contributed by atoms with Gasteiger partial charge in [-0.3, -0.25) is 14.9 Å². The topological polar surface area (TPSA) is 110 Å². The van der Waals surface area contributed by atoms with Crippen molar-refractivity contribution in [2.24, 2.45) is 5.92 Å². The predicted molar refractivity (Wildman–Crippen MR) is 107 cm³/mol. The Morgan fingerprint density at radius 3 is 2.93 bits per heavy atom. The van der Waals surface area contributed by atoms with Crippen molar-refractivity contribution >= 4 is 17.3 Å². The molecule has 0 spiro atoms. The molecule has 1 unspecified atom stereocenters. The predicted octanol–water partition coefficient (Wildman–Crippen LogP) is 2.64. The molecule has 150 valence electrons. The number of nitrogens with zero attached hydrogens (tertiary/aromatic N) is 4. The molecule has 3 aromatic rings. The Balaban J connectivity index is 1.34. The third-order valence-corrected chi connectivity index (χ3v) is 5.69. The number of aromatic amines is 1. The molecule has 1 aromatic carbocycles. The summed E-state index contributed by atoms with van der Waals surface area (Å²) in [5.74, 6) is -0.252. The molecule has 3 heterocycles. The Labute approximate surface area is 171 Å². The number of nitriles is 1. The van der Waals surface area contributed by atoms with Crippen molar-refractivity contribution in [2.75, 3.05) is 18.4 Å². The lowest BCUT2D eigenvalue weighted by atomic mass is 10.1. The number of pyridine rings is 1. The van der Waals surface area contributed by atoms with Gasteiger partial charge in [0.15, 0.2) is 11.9 Å². The van der Waals surface area contributed by atoms with Crippen LogP contribution >= 0.6 is 0 Å². The molecular weight excluding hydrogens is 385 g/mol. The standard InChI is InChI=1S/C21H18FN7O/c22-14-1-3-15(4-2-14)25-17-5-6-24-9-16(17)18-7-19(28-27-18)20(30)26-21-8-13(21)10-29(11-21)12-23/h1-7,9,13H,8,10-11H2,(H,24,25)(H,26,30)(H,27,28)/t13?,21-/m0/s1. The van der Waals surface area contributed by atoms with Crippen LogP contribution in [-0.2, 0) is 0 Å². The van der Waals surface area contributed by atoms with Gasteiger partial charge in [0.2, 0.25) is 0 Å². The summed E-state index contributed by atoms with van der Waals surface area (Å²) in [7, 11) is 0. The second-order valence-corrected chi connectivity index (χ2v) is 7.71. The summed E-state index contributed by atoms with van der Waals surface area (Å²) >= 11 is 0. The molecule has 3 N–H and O–H groups in total. The molecule has 2 atom stereocenters. The summed E-state index contributed by atoms with van der Waals surface area (Å²) in [6.07, 6.45) is 6.35. The zero-order valence-corrected chi connectivity index (χ0v) is 15.9. The number of hydrogen-bond donors (Lipinski definition) is 3. The molecule has 5 rings (SSSR count). The average molecular weight is 403 g/mol. The highest BCUT2D eigenvalue weighted by atomic mass is 19.1. The van der Waals surface area contributed by atoms with Gasteiger partial charge in [-0.05, 0) is 42.8 Å². The van der Waals surface area contributed by atoms with Gasteiger partial charge in [-0.15, -0.1) is 0 Å². The monoisotopic (exact) mass is 403 g/mol. The maximum Gasteiger partial charge on any atom is 0.272 e. The second-order valence-electron chi connectivity index (χ2n) is 7.71.